The minimum absolute atomic E-state index is 0.146. The summed E-state index contributed by atoms with van der Waals surface area (Å²) in [6, 6.07) is 0.481. The molecule has 234 valence electrons. The summed E-state index contributed by atoms with van der Waals surface area (Å²) < 4.78 is 11.5. The largest absolute Gasteiger partial charge is 0.457 e. The fourth-order valence-corrected chi connectivity index (χ4v) is 5.81. The van der Waals surface area contributed by atoms with Crippen LogP contribution in [-0.4, -0.2) is 87.4 Å². The Kier molecular flexibility index (Phi) is 8.03. The lowest BCUT2D eigenvalue weighted by Gasteiger charge is -2.36. The molecule has 4 N–H and O–H groups in total. The van der Waals surface area contributed by atoms with Crippen molar-refractivity contribution in [3.63, 3.8) is 0 Å². The van der Waals surface area contributed by atoms with Crippen LogP contribution in [0.1, 0.15) is 71.4 Å². The number of fused-ring (bicyclic) bond motifs is 1. The maximum atomic E-state index is 14.3. The van der Waals surface area contributed by atoms with E-state index in [1.807, 2.05) is 0 Å². The van der Waals surface area contributed by atoms with Crippen LogP contribution in [0.2, 0.25) is 0 Å². The molecule has 13 nitrogen and oxygen atoms in total. The van der Waals surface area contributed by atoms with Gasteiger partial charge >= 0.3 is 6.09 Å². The standard InChI is InChI=1S/C30H42N6O7/c1-16-6-11-19-24(32-16)42-30(27(40)33-19)14-22(23(31)37)36(15-30)26(39)21(13-18-9-10-18)35(5)25(38)20(12-17-7-8-17)34-28(41)43-29(2,3)4/h6,11,17-18,20-22H,7-10,12-15H2,1-5H3,(H2,31,37)(H,33,40)(H,34,41)/t20-,21-,22-,30?/m0/s1. The number of ether oxygens (including phenoxy) is 2. The van der Waals surface area contributed by atoms with Gasteiger partial charge in [0.2, 0.25) is 29.2 Å². The number of carbonyl (C=O) groups excluding carboxylic acids is 5. The third-order valence-electron chi connectivity index (χ3n) is 8.50. The molecule has 1 unspecified atom stereocenters. The minimum Gasteiger partial charge on any atom is -0.457 e. The van der Waals surface area contributed by atoms with Crippen LogP contribution in [0, 0.1) is 18.8 Å². The van der Waals surface area contributed by atoms with Gasteiger partial charge in [-0.15, -0.1) is 0 Å². The molecule has 1 saturated heterocycles. The zero-order valence-electron chi connectivity index (χ0n) is 25.5. The number of carbonyl (C=O) groups is 5. The molecule has 0 bridgehead atoms. The van der Waals surface area contributed by atoms with E-state index in [2.05, 4.69) is 15.6 Å². The maximum Gasteiger partial charge on any atom is 0.408 e. The SMILES string of the molecule is Cc1ccc2c(n1)OC1(C[C@@H](C(N)=O)N(C(=O)[C@H](CC3CC3)N(C)C(=O)[C@H](CC3CC3)NC(=O)OC(C)(C)C)C1)C(=O)N2. The number of amides is 5. The Morgan fingerprint density at radius 1 is 1.19 bits per heavy atom. The number of likely N-dealkylation sites (tertiary alicyclic amines) is 1. The predicted octanol–water partition coefficient (Wildman–Crippen LogP) is 1.87. The molecule has 4 atom stereocenters. The number of pyridine rings is 1. The van der Waals surface area contributed by atoms with Crippen molar-refractivity contribution in [2.24, 2.45) is 17.6 Å². The van der Waals surface area contributed by atoms with Gasteiger partial charge in [0, 0.05) is 19.2 Å². The molecular weight excluding hydrogens is 556 g/mol. The Labute approximate surface area is 251 Å². The highest BCUT2D eigenvalue weighted by Gasteiger charge is 2.58. The molecule has 5 rings (SSSR count). The van der Waals surface area contributed by atoms with E-state index in [1.165, 1.54) is 9.80 Å². The number of aromatic nitrogens is 1. The molecule has 0 aromatic carbocycles. The van der Waals surface area contributed by atoms with Crippen molar-refractivity contribution in [1.82, 2.24) is 20.1 Å². The quantitative estimate of drug-likeness (QED) is 0.386. The number of alkyl carbamates (subject to hydrolysis) is 1. The van der Waals surface area contributed by atoms with E-state index in [-0.39, 0.29) is 24.8 Å². The highest BCUT2D eigenvalue weighted by molar-refractivity contribution is 6.03. The van der Waals surface area contributed by atoms with Crippen LogP contribution in [0.4, 0.5) is 10.5 Å². The van der Waals surface area contributed by atoms with Crippen LogP contribution in [-0.2, 0) is 23.9 Å². The Balaban J connectivity index is 1.38. The van der Waals surface area contributed by atoms with Crippen LogP contribution in [0.5, 0.6) is 5.88 Å². The number of primary amides is 1. The lowest BCUT2D eigenvalue weighted by Crippen LogP contribution is -2.58. The average Bonchev–Trinajstić information content (AvgIpc) is 3.85. The summed E-state index contributed by atoms with van der Waals surface area (Å²) in [5.41, 5.74) is 4.53. The molecule has 1 aromatic rings. The monoisotopic (exact) mass is 598 g/mol. The van der Waals surface area contributed by atoms with E-state index in [0.717, 1.165) is 25.7 Å². The maximum absolute atomic E-state index is 14.3. The first-order valence-corrected chi connectivity index (χ1v) is 15.0. The second-order valence-corrected chi connectivity index (χ2v) is 13.5. The first kappa shape index (κ1) is 30.6. The average molecular weight is 599 g/mol. The van der Waals surface area contributed by atoms with E-state index in [0.29, 0.717) is 30.1 Å². The van der Waals surface area contributed by atoms with Gasteiger partial charge in [0.1, 0.15) is 29.4 Å². The van der Waals surface area contributed by atoms with E-state index in [4.69, 9.17) is 15.2 Å². The van der Waals surface area contributed by atoms with Crippen molar-refractivity contribution in [2.75, 3.05) is 18.9 Å². The lowest BCUT2D eigenvalue weighted by atomic mass is 9.97. The van der Waals surface area contributed by atoms with Gasteiger partial charge < -0.3 is 35.6 Å². The van der Waals surface area contributed by atoms with Crippen LogP contribution in [0.15, 0.2) is 12.1 Å². The molecule has 2 aliphatic heterocycles. The molecule has 2 saturated carbocycles. The molecule has 0 radical (unpaired) electrons. The summed E-state index contributed by atoms with van der Waals surface area (Å²) in [6.07, 6.45) is 3.73. The van der Waals surface area contributed by atoms with Crippen LogP contribution >= 0.6 is 0 Å². The predicted molar refractivity (Wildman–Crippen MR) is 155 cm³/mol. The second-order valence-electron chi connectivity index (χ2n) is 13.5. The van der Waals surface area contributed by atoms with E-state index >= 15 is 0 Å². The highest BCUT2D eigenvalue weighted by atomic mass is 16.6. The number of aryl methyl sites for hydroxylation is 1. The highest BCUT2D eigenvalue weighted by Crippen LogP contribution is 2.41. The molecule has 1 aromatic heterocycles. The fourth-order valence-electron chi connectivity index (χ4n) is 5.81. The van der Waals surface area contributed by atoms with Crippen LogP contribution in [0.25, 0.3) is 0 Å². The number of likely N-dealkylation sites (N-methyl/N-ethyl adjacent to an activating group) is 1. The molecule has 1 spiro atoms. The van der Waals surface area contributed by atoms with Gasteiger partial charge in [-0.25, -0.2) is 9.78 Å². The van der Waals surface area contributed by atoms with Gasteiger partial charge in [0.15, 0.2) is 0 Å². The topological polar surface area (TPSA) is 173 Å². The Morgan fingerprint density at radius 3 is 2.44 bits per heavy atom. The number of hydrogen-bond donors (Lipinski definition) is 3. The van der Waals surface area contributed by atoms with Crippen molar-refractivity contribution >= 4 is 35.4 Å². The fraction of sp³-hybridized carbons (Fsp3) is 0.667. The summed E-state index contributed by atoms with van der Waals surface area (Å²) >= 11 is 0. The minimum atomic E-state index is -1.57. The zero-order valence-corrected chi connectivity index (χ0v) is 25.5. The first-order valence-electron chi connectivity index (χ1n) is 15.0. The summed E-state index contributed by atoms with van der Waals surface area (Å²) in [7, 11) is 1.54. The summed E-state index contributed by atoms with van der Waals surface area (Å²) in [5, 5.41) is 5.51. The number of rotatable bonds is 9. The summed E-state index contributed by atoms with van der Waals surface area (Å²) in [6.45, 7) is 6.78. The molecule has 4 aliphatic rings. The van der Waals surface area contributed by atoms with Gasteiger partial charge in [0.05, 0.1) is 6.54 Å². The van der Waals surface area contributed by atoms with Crippen molar-refractivity contribution in [2.45, 2.75) is 102 Å². The van der Waals surface area contributed by atoms with E-state index in [1.54, 1.807) is 46.9 Å². The molecule has 13 heteroatoms. The van der Waals surface area contributed by atoms with Gasteiger partial charge in [-0.05, 0) is 64.5 Å². The molecular formula is C30H42N6O7. The first-order chi connectivity index (χ1) is 20.2. The molecule has 3 heterocycles. The van der Waals surface area contributed by atoms with E-state index < -0.39 is 59.0 Å². The third kappa shape index (κ3) is 6.86. The summed E-state index contributed by atoms with van der Waals surface area (Å²) in [4.78, 5) is 73.8. The van der Waals surface area contributed by atoms with Gasteiger partial charge in [-0.3, -0.25) is 19.2 Å². The molecule has 2 aliphatic carbocycles. The smallest absolute Gasteiger partial charge is 0.408 e. The number of nitrogens with one attached hydrogen (secondary N) is 2. The van der Waals surface area contributed by atoms with Gasteiger partial charge in [-0.2, -0.15) is 0 Å². The number of anilines is 1. The molecule has 5 amide bonds. The van der Waals surface area contributed by atoms with Gasteiger partial charge in [-0.1, -0.05) is 25.7 Å². The Hall–Kier alpha value is -3.90. The van der Waals surface area contributed by atoms with Gasteiger partial charge in [0.25, 0.3) is 5.91 Å². The van der Waals surface area contributed by atoms with Crippen molar-refractivity contribution in [3.05, 3.63) is 17.8 Å². The number of hydrogen-bond acceptors (Lipinski definition) is 8. The van der Waals surface area contributed by atoms with Crippen LogP contribution < -0.4 is 21.1 Å². The van der Waals surface area contributed by atoms with E-state index in [9.17, 15) is 24.0 Å². The van der Waals surface area contributed by atoms with Crippen LogP contribution in [0.3, 0.4) is 0 Å². The zero-order chi connectivity index (χ0) is 31.3. The third-order valence-corrected chi connectivity index (χ3v) is 8.50. The summed E-state index contributed by atoms with van der Waals surface area (Å²) in [5.74, 6) is -1.44. The molecule has 43 heavy (non-hydrogen) atoms. The number of nitrogens with two attached hydrogens (primary N) is 1. The molecule has 3 fully saturated rings. The second kappa shape index (κ2) is 11.3. The Bertz CT molecular complexity index is 1320. The van der Waals surface area contributed by atoms with Crippen molar-refractivity contribution in [1.29, 1.82) is 0 Å². The Morgan fingerprint density at radius 2 is 1.84 bits per heavy atom. The normalized spacial score (nSPS) is 24.3. The lowest BCUT2D eigenvalue weighted by molar-refractivity contribution is -0.148. The number of nitrogens with zero attached hydrogens (tertiary/aromatic N) is 3. The van der Waals surface area contributed by atoms with Crippen molar-refractivity contribution < 1.29 is 33.4 Å². The van der Waals surface area contributed by atoms with Crippen molar-refractivity contribution in [3.8, 4) is 5.88 Å².